The molecule has 1 aromatic carbocycles. The SMILES string of the molecule is CCOC(=O)C1=CSNC1c1ccc(F)cc1C. The van der Waals surface area contributed by atoms with Gasteiger partial charge in [0.1, 0.15) is 5.82 Å². The standard InChI is InChI=1S/C13H14FNO2S/c1-3-17-13(16)11-7-18-15-12(11)10-5-4-9(14)6-8(10)2/h4-7,12,15H,3H2,1-2H3. The Bertz CT molecular complexity index is 502. The van der Waals surface area contributed by atoms with E-state index in [1.807, 2.05) is 6.92 Å². The number of rotatable bonds is 3. The Balaban J connectivity index is 2.28. The Labute approximate surface area is 110 Å². The van der Waals surface area contributed by atoms with Gasteiger partial charge in [-0.15, -0.1) is 0 Å². The third-order valence-electron chi connectivity index (χ3n) is 2.74. The topological polar surface area (TPSA) is 38.3 Å². The third kappa shape index (κ3) is 2.57. The summed E-state index contributed by atoms with van der Waals surface area (Å²) in [5.74, 6) is -0.604. The van der Waals surface area contributed by atoms with Gasteiger partial charge in [-0.25, -0.2) is 13.9 Å². The zero-order valence-electron chi connectivity index (χ0n) is 10.2. The molecule has 18 heavy (non-hydrogen) atoms. The molecule has 0 aliphatic carbocycles. The van der Waals surface area contributed by atoms with Crippen molar-refractivity contribution in [1.29, 1.82) is 0 Å². The fourth-order valence-corrected chi connectivity index (χ4v) is 2.69. The minimum Gasteiger partial charge on any atom is -0.463 e. The number of halogens is 1. The van der Waals surface area contributed by atoms with Crippen molar-refractivity contribution >= 4 is 17.9 Å². The van der Waals surface area contributed by atoms with Crippen LogP contribution in [0.1, 0.15) is 24.1 Å². The maximum Gasteiger partial charge on any atom is 0.336 e. The molecule has 1 aromatic rings. The van der Waals surface area contributed by atoms with Crippen LogP contribution in [0.5, 0.6) is 0 Å². The molecule has 96 valence electrons. The van der Waals surface area contributed by atoms with E-state index in [1.165, 1.54) is 24.1 Å². The number of ether oxygens (including phenoxy) is 1. The molecule has 0 amide bonds. The molecule has 1 atom stereocenters. The second-order valence-corrected chi connectivity index (χ2v) is 4.67. The second-order valence-electron chi connectivity index (χ2n) is 3.96. The van der Waals surface area contributed by atoms with Crippen LogP contribution in [0.4, 0.5) is 4.39 Å². The zero-order chi connectivity index (χ0) is 13.1. The number of nitrogens with one attached hydrogen (secondary N) is 1. The smallest absolute Gasteiger partial charge is 0.336 e. The van der Waals surface area contributed by atoms with E-state index in [0.29, 0.717) is 12.2 Å². The van der Waals surface area contributed by atoms with E-state index in [-0.39, 0.29) is 17.8 Å². The van der Waals surface area contributed by atoms with Crippen LogP contribution in [-0.4, -0.2) is 12.6 Å². The summed E-state index contributed by atoms with van der Waals surface area (Å²) in [6, 6.07) is 4.31. The Morgan fingerprint density at radius 2 is 2.33 bits per heavy atom. The van der Waals surface area contributed by atoms with Gasteiger partial charge in [-0.05, 0) is 42.5 Å². The molecule has 0 saturated carbocycles. The summed E-state index contributed by atoms with van der Waals surface area (Å²) in [5.41, 5.74) is 2.27. The molecular weight excluding hydrogens is 253 g/mol. The molecule has 1 unspecified atom stereocenters. The lowest BCUT2D eigenvalue weighted by atomic mass is 9.96. The highest BCUT2D eigenvalue weighted by Crippen LogP contribution is 2.34. The Kier molecular flexibility index (Phi) is 4.04. The van der Waals surface area contributed by atoms with E-state index in [4.69, 9.17) is 4.74 Å². The van der Waals surface area contributed by atoms with Crippen molar-refractivity contribution in [3.63, 3.8) is 0 Å². The lowest BCUT2D eigenvalue weighted by Gasteiger charge is -2.16. The summed E-state index contributed by atoms with van der Waals surface area (Å²) in [6.07, 6.45) is 0. The molecular formula is C13H14FNO2S. The quantitative estimate of drug-likeness (QED) is 0.675. The van der Waals surface area contributed by atoms with Gasteiger partial charge in [0.25, 0.3) is 0 Å². The van der Waals surface area contributed by atoms with Crippen LogP contribution in [-0.2, 0) is 9.53 Å². The van der Waals surface area contributed by atoms with E-state index < -0.39 is 0 Å². The van der Waals surface area contributed by atoms with Crippen molar-refractivity contribution in [2.24, 2.45) is 0 Å². The van der Waals surface area contributed by atoms with Gasteiger partial charge < -0.3 is 4.74 Å². The third-order valence-corrected chi connectivity index (χ3v) is 3.48. The first-order chi connectivity index (χ1) is 8.63. The number of carbonyl (C=O) groups is 1. The summed E-state index contributed by atoms with van der Waals surface area (Å²) < 4.78 is 21.2. The lowest BCUT2D eigenvalue weighted by molar-refractivity contribution is -0.138. The molecule has 0 spiro atoms. The summed E-state index contributed by atoms with van der Waals surface area (Å²) in [6.45, 7) is 3.94. The molecule has 0 aromatic heterocycles. The van der Waals surface area contributed by atoms with Crippen LogP contribution in [0.3, 0.4) is 0 Å². The van der Waals surface area contributed by atoms with Crippen molar-refractivity contribution in [2.75, 3.05) is 6.61 Å². The van der Waals surface area contributed by atoms with Gasteiger partial charge in [0, 0.05) is 0 Å². The van der Waals surface area contributed by atoms with E-state index in [2.05, 4.69) is 4.72 Å². The Morgan fingerprint density at radius 1 is 1.56 bits per heavy atom. The highest BCUT2D eigenvalue weighted by atomic mass is 32.2. The normalized spacial score (nSPS) is 18.6. The van der Waals surface area contributed by atoms with Crippen molar-refractivity contribution < 1.29 is 13.9 Å². The molecule has 1 heterocycles. The lowest BCUT2D eigenvalue weighted by Crippen LogP contribution is -2.19. The molecule has 0 radical (unpaired) electrons. The molecule has 5 heteroatoms. The largest absolute Gasteiger partial charge is 0.463 e. The number of benzene rings is 1. The van der Waals surface area contributed by atoms with Crippen molar-refractivity contribution in [3.8, 4) is 0 Å². The average molecular weight is 267 g/mol. The van der Waals surface area contributed by atoms with Crippen LogP contribution < -0.4 is 4.72 Å². The van der Waals surface area contributed by atoms with Crippen LogP contribution in [0.2, 0.25) is 0 Å². The first-order valence-corrected chi connectivity index (χ1v) is 6.56. The van der Waals surface area contributed by atoms with Gasteiger partial charge in [-0.1, -0.05) is 18.0 Å². The van der Waals surface area contributed by atoms with Crippen molar-refractivity contribution in [1.82, 2.24) is 4.72 Å². The van der Waals surface area contributed by atoms with Crippen LogP contribution >= 0.6 is 11.9 Å². The van der Waals surface area contributed by atoms with E-state index in [1.54, 1.807) is 18.4 Å². The maximum atomic E-state index is 13.1. The molecule has 3 nitrogen and oxygen atoms in total. The monoisotopic (exact) mass is 267 g/mol. The van der Waals surface area contributed by atoms with Gasteiger partial charge in [0.05, 0.1) is 18.2 Å². The maximum absolute atomic E-state index is 13.1. The van der Waals surface area contributed by atoms with Gasteiger partial charge in [0.15, 0.2) is 0 Å². The minimum atomic E-state index is -0.330. The van der Waals surface area contributed by atoms with Crippen LogP contribution in [0.15, 0.2) is 29.2 Å². The minimum absolute atomic E-state index is 0.241. The number of esters is 1. The summed E-state index contributed by atoms with van der Waals surface area (Å²) in [7, 11) is 0. The zero-order valence-corrected chi connectivity index (χ0v) is 11.0. The molecule has 2 rings (SSSR count). The van der Waals surface area contributed by atoms with Gasteiger partial charge in [-0.2, -0.15) is 0 Å². The predicted octanol–water partition coefficient (Wildman–Crippen LogP) is 2.87. The average Bonchev–Trinajstić information content (AvgIpc) is 2.78. The predicted molar refractivity (Wildman–Crippen MR) is 69.3 cm³/mol. The number of carbonyl (C=O) groups excluding carboxylic acids is 1. The molecule has 0 saturated heterocycles. The summed E-state index contributed by atoms with van der Waals surface area (Å²) in [4.78, 5) is 11.8. The molecule has 0 bridgehead atoms. The van der Waals surface area contributed by atoms with E-state index >= 15 is 0 Å². The number of hydrogen-bond acceptors (Lipinski definition) is 4. The fraction of sp³-hybridized carbons (Fsp3) is 0.308. The van der Waals surface area contributed by atoms with E-state index in [9.17, 15) is 9.18 Å². The number of hydrogen-bond donors (Lipinski definition) is 1. The second kappa shape index (κ2) is 5.54. The molecule has 1 N–H and O–H groups in total. The highest BCUT2D eigenvalue weighted by molar-refractivity contribution is 8.00. The molecule has 0 fully saturated rings. The number of aryl methyl sites for hydroxylation is 1. The van der Waals surface area contributed by atoms with Gasteiger partial charge in [0.2, 0.25) is 0 Å². The van der Waals surface area contributed by atoms with Gasteiger partial charge in [-0.3, -0.25) is 0 Å². The van der Waals surface area contributed by atoms with Crippen molar-refractivity contribution in [2.45, 2.75) is 19.9 Å². The molecule has 1 aliphatic heterocycles. The Hall–Kier alpha value is -1.33. The summed E-state index contributed by atoms with van der Waals surface area (Å²) in [5, 5.41) is 1.74. The highest BCUT2D eigenvalue weighted by Gasteiger charge is 2.28. The van der Waals surface area contributed by atoms with Crippen LogP contribution in [0.25, 0.3) is 0 Å². The summed E-state index contributed by atoms with van der Waals surface area (Å²) >= 11 is 1.35. The molecule has 1 aliphatic rings. The van der Waals surface area contributed by atoms with Gasteiger partial charge >= 0.3 is 5.97 Å². The Morgan fingerprint density at radius 3 is 3.00 bits per heavy atom. The van der Waals surface area contributed by atoms with Crippen molar-refractivity contribution in [3.05, 3.63) is 46.1 Å². The fourth-order valence-electron chi connectivity index (χ4n) is 1.87. The first kappa shape index (κ1) is 13.1. The van der Waals surface area contributed by atoms with E-state index in [0.717, 1.165) is 11.1 Å². The first-order valence-electron chi connectivity index (χ1n) is 5.68. The van der Waals surface area contributed by atoms with Crippen LogP contribution in [0, 0.1) is 12.7 Å².